The van der Waals surface area contributed by atoms with E-state index in [1.807, 2.05) is 28.9 Å². The minimum absolute atomic E-state index is 0.542. The highest BCUT2D eigenvalue weighted by Crippen LogP contribution is 2.59. The van der Waals surface area contributed by atoms with Crippen molar-refractivity contribution in [3.8, 4) is 22.3 Å². The van der Waals surface area contributed by atoms with E-state index in [2.05, 4.69) is 162 Å². The van der Waals surface area contributed by atoms with Gasteiger partial charge in [0.1, 0.15) is 5.52 Å². The van der Waals surface area contributed by atoms with E-state index in [-0.39, 0.29) is 0 Å². The van der Waals surface area contributed by atoms with Crippen LogP contribution in [0.25, 0.3) is 38.0 Å². The lowest BCUT2D eigenvalue weighted by Gasteiger charge is -2.31. The maximum absolute atomic E-state index is 6.07. The van der Waals surface area contributed by atoms with Crippen LogP contribution in [0, 0.1) is 0 Å². The molecule has 0 amide bonds. The molecule has 7 aromatic carbocycles. The number of anilines is 6. The second kappa shape index (κ2) is 17.8. The summed E-state index contributed by atoms with van der Waals surface area (Å²) >= 11 is -0.596. The van der Waals surface area contributed by atoms with Gasteiger partial charge in [-0.15, -0.1) is 5.10 Å². The van der Waals surface area contributed by atoms with Crippen molar-refractivity contribution in [2.45, 2.75) is 26.3 Å². The van der Waals surface area contributed by atoms with Gasteiger partial charge in [-0.1, -0.05) is 121 Å². The Morgan fingerprint density at radius 3 is 1.53 bits per heavy atom. The Morgan fingerprint density at radius 2 is 1.05 bits per heavy atom. The molecule has 0 fully saturated rings. The molecule has 10 heteroatoms. The minimum atomic E-state index is -0.596. The van der Waals surface area contributed by atoms with Gasteiger partial charge < -0.3 is 19.3 Å². The number of para-hydroxylation sites is 4. The maximum atomic E-state index is 6.07. The molecule has 1 aliphatic heterocycles. The number of aromatic nitrogens is 3. The predicted molar refractivity (Wildman–Crippen MR) is 250 cm³/mol. The predicted octanol–water partition coefficient (Wildman–Crippen LogP) is 14.9. The zero-order chi connectivity index (χ0) is 39.1. The van der Waals surface area contributed by atoms with Crippen LogP contribution in [-0.2, 0) is 11.3 Å². The number of ether oxygens (including phenoxy) is 1. The molecule has 0 bridgehead atoms. The monoisotopic (exact) mass is 890 g/mol. The summed E-state index contributed by atoms with van der Waals surface area (Å²) in [5, 5.41) is 9.71. The van der Waals surface area contributed by atoms with Crippen LogP contribution in [0.1, 0.15) is 19.8 Å². The van der Waals surface area contributed by atoms with Crippen LogP contribution in [0.4, 0.5) is 45.5 Å². The molecule has 0 aliphatic carbocycles. The molecule has 1 aliphatic rings. The summed E-state index contributed by atoms with van der Waals surface area (Å²) in [6, 6.07) is 59.4. The minimum Gasteiger partial charge on any atom is -0.619 e. The van der Waals surface area contributed by atoms with Gasteiger partial charge in [0.25, 0.3) is 0 Å². The Hall–Kier alpha value is -5.82. The number of benzene rings is 7. The first-order chi connectivity index (χ1) is 28.8. The van der Waals surface area contributed by atoms with Crippen molar-refractivity contribution in [3.05, 3.63) is 175 Å². The van der Waals surface area contributed by atoms with Crippen molar-refractivity contribution in [1.82, 2.24) is 15.0 Å². The third-order valence-electron chi connectivity index (χ3n) is 10.2. The highest BCUT2D eigenvalue weighted by Gasteiger charge is 2.25. The topological polar surface area (TPSA) is 72.9 Å². The highest BCUT2D eigenvalue weighted by atomic mass is 127. The van der Waals surface area contributed by atoms with Gasteiger partial charge in [0.05, 0.1) is 24.4 Å². The van der Waals surface area contributed by atoms with Crippen molar-refractivity contribution in [2.75, 3.05) is 23.0 Å². The van der Waals surface area contributed by atoms with Crippen molar-refractivity contribution in [3.63, 3.8) is 0 Å². The van der Waals surface area contributed by atoms with Crippen molar-refractivity contribution in [2.24, 2.45) is 3.15 Å². The van der Waals surface area contributed by atoms with E-state index in [0.717, 1.165) is 98.2 Å². The van der Waals surface area contributed by atoms with Crippen LogP contribution >= 0.6 is 28.8 Å². The van der Waals surface area contributed by atoms with Crippen LogP contribution in [0.2, 0.25) is 0 Å². The molecule has 2 heterocycles. The highest BCUT2D eigenvalue weighted by molar-refractivity contribution is 14.2. The fourth-order valence-corrected chi connectivity index (χ4v) is 9.98. The normalized spacial score (nSPS) is 12.1. The van der Waals surface area contributed by atoms with Crippen LogP contribution in [-0.4, -0.2) is 28.2 Å². The molecule has 0 radical (unpaired) electrons. The van der Waals surface area contributed by atoms with Gasteiger partial charge in [0, 0.05) is 65.9 Å². The van der Waals surface area contributed by atoms with Gasteiger partial charge >= 0.3 is 0 Å². The van der Waals surface area contributed by atoms with Crippen molar-refractivity contribution < 1.29 is 4.74 Å². The summed E-state index contributed by atoms with van der Waals surface area (Å²) in [4.78, 5) is 4.55. The maximum Gasteiger partial charge on any atom is 0.120 e. The summed E-state index contributed by atoms with van der Waals surface area (Å²) in [5.74, 6) is 0. The average molecular weight is 891 g/mol. The van der Waals surface area contributed by atoms with Gasteiger partial charge in [-0.25, -0.2) is 7.83 Å². The standard InChI is InChI=1S/C48H41IN7OS/c1-2-3-33-57-34-32-54-48-44(36-26-30-42(31-27-36)56(39-20-12-6-13-21-39)40-22-14-7-15-23-40)45-46(52-58-49-50-45)43(47(48)51-53-54)35-24-28-41(29-25-35)55(37-16-8-4-9-17-37)38-18-10-5-11-19-38/h4-31H,2-3,32-34H2,1H3/q-1. The Morgan fingerprint density at radius 1 is 0.586 bits per heavy atom. The first-order valence-electron chi connectivity index (χ1n) is 19.5. The number of rotatable bonds is 14. The Balaban J connectivity index is 1.17. The summed E-state index contributed by atoms with van der Waals surface area (Å²) in [7, 11) is 1.57. The van der Waals surface area contributed by atoms with Crippen LogP contribution < -0.4 is 9.80 Å². The van der Waals surface area contributed by atoms with Gasteiger partial charge in [-0.3, -0.25) is 0 Å². The lowest BCUT2D eigenvalue weighted by atomic mass is 9.93. The second-order valence-electron chi connectivity index (χ2n) is 13.8. The molecule has 58 heavy (non-hydrogen) atoms. The first kappa shape index (κ1) is 37.7. The van der Waals surface area contributed by atoms with E-state index in [1.54, 1.807) is 9.12 Å². The molecular formula is C48H41IN7OS-. The van der Waals surface area contributed by atoms with Crippen molar-refractivity contribution >= 4 is 85.3 Å². The second-order valence-corrected chi connectivity index (χ2v) is 17.1. The summed E-state index contributed by atoms with van der Waals surface area (Å²) in [5.41, 5.74) is 14.0. The zero-order valence-electron chi connectivity index (χ0n) is 32.0. The van der Waals surface area contributed by atoms with Crippen LogP contribution in [0.15, 0.2) is 173 Å². The Bertz CT molecular complexity index is 2550. The molecule has 0 atom stereocenters. The Labute approximate surface area is 352 Å². The molecule has 0 spiro atoms. The number of unbranched alkanes of at least 4 members (excludes halogenated alkanes) is 1. The summed E-state index contributed by atoms with van der Waals surface area (Å²) < 4.78 is 18.5. The molecule has 8 aromatic rings. The fraction of sp³-hybridized carbons (Fsp3) is 0.125. The van der Waals surface area contributed by atoms with Gasteiger partial charge in [-0.2, -0.15) is 9.12 Å². The first-order valence-corrected chi connectivity index (χ1v) is 23.8. The Kier molecular flexibility index (Phi) is 11.6. The largest absolute Gasteiger partial charge is 0.619 e. The third kappa shape index (κ3) is 7.75. The van der Waals surface area contributed by atoms with E-state index in [1.165, 1.54) is 0 Å². The number of halogens is 1. The van der Waals surface area contributed by atoms with Gasteiger partial charge in [0.2, 0.25) is 0 Å². The number of hydrogen-bond acceptors (Lipinski definition) is 7. The lowest BCUT2D eigenvalue weighted by molar-refractivity contribution is 0.121. The number of nitrogens with zero attached hydrogens (tertiary/aromatic N) is 7. The number of fused-ring (bicyclic) bond motifs is 2. The molecule has 0 unspecified atom stereocenters. The molecule has 1 aromatic heterocycles. The lowest BCUT2D eigenvalue weighted by Crippen LogP contribution is -2.10. The van der Waals surface area contributed by atoms with Gasteiger partial charge in [0.15, 0.2) is 0 Å². The zero-order valence-corrected chi connectivity index (χ0v) is 35.0. The molecule has 9 rings (SSSR count). The van der Waals surface area contributed by atoms with Gasteiger partial charge in [-0.05, 0) is 95.9 Å². The molecule has 0 N–H and O–H groups in total. The molecule has 8 nitrogen and oxygen atoms in total. The molecule has 288 valence electrons. The van der Waals surface area contributed by atoms with E-state index in [0.29, 0.717) is 13.2 Å². The van der Waals surface area contributed by atoms with E-state index < -0.39 is 19.6 Å². The molecular weight excluding hydrogens is 850 g/mol. The summed E-state index contributed by atoms with van der Waals surface area (Å²) in [6.45, 7) is 4.02. The third-order valence-corrected chi connectivity index (χ3v) is 12.7. The molecule has 0 saturated carbocycles. The number of hydrogen-bond donors (Lipinski definition) is 0. The van der Waals surface area contributed by atoms with Crippen LogP contribution in [0.3, 0.4) is 0 Å². The van der Waals surface area contributed by atoms with E-state index in [9.17, 15) is 0 Å². The SMILES string of the molecule is CCCCOCCn1nnc2c(-c3ccc(N(c4ccccc4)c4ccccc4)cc3)c3c(c(-c4ccc(N(c5ccccc5)c5ccccc5)cc4)c21)N=IS[N-]3. The van der Waals surface area contributed by atoms with E-state index >= 15 is 0 Å². The molecule has 0 saturated heterocycles. The van der Waals surface area contributed by atoms with Crippen molar-refractivity contribution in [1.29, 1.82) is 0 Å². The van der Waals surface area contributed by atoms with Crippen LogP contribution in [0.5, 0.6) is 0 Å². The summed E-state index contributed by atoms with van der Waals surface area (Å²) in [6.07, 6.45) is 2.12. The fourth-order valence-electron chi connectivity index (χ4n) is 7.42. The quantitative estimate of drug-likeness (QED) is 0.0615. The van der Waals surface area contributed by atoms with E-state index in [4.69, 9.17) is 22.9 Å². The smallest absolute Gasteiger partial charge is 0.120 e. The average Bonchev–Trinajstić information content (AvgIpc) is 3.71.